The number of allylic oxidation sites excluding steroid dienone is 2. The summed E-state index contributed by atoms with van der Waals surface area (Å²) < 4.78 is 5.46. The van der Waals surface area contributed by atoms with Crippen molar-refractivity contribution in [1.29, 1.82) is 0 Å². The summed E-state index contributed by atoms with van der Waals surface area (Å²) in [6, 6.07) is -0.542. The van der Waals surface area contributed by atoms with Crippen LogP contribution in [0.3, 0.4) is 0 Å². The number of hydrogen-bond acceptors (Lipinski definition) is 5. The van der Waals surface area contributed by atoms with Crippen molar-refractivity contribution in [2.24, 2.45) is 0 Å². The van der Waals surface area contributed by atoms with E-state index >= 15 is 0 Å². The van der Waals surface area contributed by atoms with Crippen LogP contribution >= 0.6 is 0 Å². The number of nitrogens with one attached hydrogen (secondary N) is 1. The van der Waals surface area contributed by atoms with Gasteiger partial charge in [0.25, 0.3) is 0 Å². The van der Waals surface area contributed by atoms with Crippen molar-refractivity contribution in [1.82, 2.24) is 5.32 Å². The van der Waals surface area contributed by atoms with Crippen LogP contribution in [0.15, 0.2) is 12.2 Å². The van der Waals surface area contributed by atoms with Gasteiger partial charge in [0.2, 0.25) is 5.91 Å². The van der Waals surface area contributed by atoms with Gasteiger partial charge in [0.1, 0.15) is 0 Å². The summed E-state index contributed by atoms with van der Waals surface area (Å²) in [4.78, 5) is 24.4. The molecule has 61 heavy (non-hydrogen) atoms. The molecule has 0 aromatic carbocycles. The van der Waals surface area contributed by atoms with Gasteiger partial charge in [-0.3, -0.25) is 9.59 Å². The Morgan fingerprint density at radius 3 is 1.20 bits per heavy atom. The molecule has 0 bridgehead atoms. The zero-order valence-corrected chi connectivity index (χ0v) is 41.2. The first-order valence-electron chi connectivity index (χ1n) is 27.4. The molecule has 6 nitrogen and oxygen atoms in total. The van der Waals surface area contributed by atoms with Gasteiger partial charge >= 0.3 is 5.97 Å². The van der Waals surface area contributed by atoms with Crippen molar-refractivity contribution in [2.75, 3.05) is 13.2 Å². The van der Waals surface area contributed by atoms with Crippen molar-refractivity contribution in [3.8, 4) is 0 Å². The number of carbonyl (C=O) groups excluding carboxylic acids is 2. The topological polar surface area (TPSA) is 95.9 Å². The Morgan fingerprint density at radius 2 is 0.770 bits per heavy atom. The third-order valence-electron chi connectivity index (χ3n) is 12.8. The zero-order valence-electron chi connectivity index (χ0n) is 41.2. The van der Waals surface area contributed by atoms with Gasteiger partial charge in [-0.2, -0.15) is 0 Å². The molecule has 0 aliphatic carbocycles. The minimum atomic E-state index is -0.664. The molecule has 0 aliphatic rings. The zero-order chi connectivity index (χ0) is 44.4. The van der Waals surface area contributed by atoms with Crippen LogP contribution in [-0.2, 0) is 14.3 Å². The first kappa shape index (κ1) is 59.6. The molecule has 1 amide bonds. The first-order valence-corrected chi connectivity index (χ1v) is 27.4. The van der Waals surface area contributed by atoms with E-state index in [0.717, 1.165) is 44.9 Å². The average molecular weight is 862 g/mol. The number of aliphatic hydroxyl groups excluding tert-OH is 2. The fourth-order valence-corrected chi connectivity index (χ4v) is 8.58. The molecular formula is C55H107NO5. The standard InChI is InChI=1S/C55H107NO5/c1-3-5-7-9-11-13-15-24-27-31-35-39-43-47-53(58)52(51-57)56-54(59)48-44-40-36-32-28-25-22-20-18-17-19-21-23-26-30-34-38-42-46-50-61-55(60)49-45-41-37-33-29-16-14-12-10-8-6-4-2/h12,14,52-53,57-58H,3-11,13,15-51H2,1-2H3,(H,56,59)/b14-12-. The van der Waals surface area contributed by atoms with E-state index in [1.165, 1.54) is 225 Å². The maximum Gasteiger partial charge on any atom is 0.305 e. The molecular weight excluding hydrogens is 755 g/mol. The molecule has 0 aromatic rings. The van der Waals surface area contributed by atoms with Crippen LogP contribution in [0.1, 0.15) is 303 Å². The Kier molecular flexibility index (Phi) is 50.1. The van der Waals surface area contributed by atoms with E-state index in [1.54, 1.807) is 0 Å². The smallest absolute Gasteiger partial charge is 0.305 e. The van der Waals surface area contributed by atoms with Gasteiger partial charge in [0.05, 0.1) is 25.4 Å². The van der Waals surface area contributed by atoms with Gasteiger partial charge < -0.3 is 20.3 Å². The third kappa shape index (κ3) is 47.9. The number of amides is 1. The van der Waals surface area contributed by atoms with Gasteiger partial charge in [-0.15, -0.1) is 0 Å². The summed E-state index contributed by atoms with van der Waals surface area (Å²) in [6.07, 6.45) is 59.0. The fraction of sp³-hybridized carbons (Fsp3) is 0.927. The quantitative estimate of drug-likeness (QED) is 0.0322. The molecule has 362 valence electrons. The van der Waals surface area contributed by atoms with Crippen LogP contribution in [0, 0.1) is 0 Å². The predicted octanol–water partition coefficient (Wildman–Crippen LogP) is 16.5. The Labute approximate surface area is 380 Å². The lowest BCUT2D eigenvalue weighted by molar-refractivity contribution is -0.143. The van der Waals surface area contributed by atoms with Gasteiger partial charge in [0.15, 0.2) is 0 Å². The number of esters is 1. The Hall–Kier alpha value is -1.40. The van der Waals surface area contributed by atoms with E-state index in [1.807, 2.05) is 0 Å². The van der Waals surface area contributed by atoms with Crippen LogP contribution in [0.4, 0.5) is 0 Å². The number of unbranched alkanes of at least 4 members (excludes halogenated alkanes) is 38. The van der Waals surface area contributed by atoms with Crippen molar-refractivity contribution in [3.63, 3.8) is 0 Å². The predicted molar refractivity (Wildman–Crippen MR) is 264 cm³/mol. The van der Waals surface area contributed by atoms with Crippen LogP contribution < -0.4 is 5.32 Å². The Morgan fingerprint density at radius 1 is 0.443 bits per heavy atom. The molecule has 0 saturated carbocycles. The molecule has 0 aromatic heterocycles. The van der Waals surface area contributed by atoms with Gasteiger partial charge in [0, 0.05) is 12.8 Å². The molecule has 2 unspecified atom stereocenters. The molecule has 0 fully saturated rings. The lowest BCUT2D eigenvalue weighted by Gasteiger charge is -2.22. The van der Waals surface area contributed by atoms with E-state index in [4.69, 9.17) is 4.74 Å². The number of carbonyl (C=O) groups is 2. The van der Waals surface area contributed by atoms with Gasteiger partial charge in [-0.25, -0.2) is 0 Å². The van der Waals surface area contributed by atoms with E-state index in [0.29, 0.717) is 25.9 Å². The molecule has 0 saturated heterocycles. The highest BCUT2D eigenvalue weighted by Gasteiger charge is 2.20. The summed E-state index contributed by atoms with van der Waals surface area (Å²) >= 11 is 0. The first-order chi connectivity index (χ1) is 30.0. The van der Waals surface area contributed by atoms with E-state index in [-0.39, 0.29) is 18.5 Å². The van der Waals surface area contributed by atoms with Crippen molar-refractivity contribution in [2.45, 2.75) is 315 Å². The molecule has 0 radical (unpaired) electrons. The van der Waals surface area contributed by atoms with Crippen molar-refractivity contribution in [3.05, 3.63) is 12.2 Å². The SMILES string of the molecule is CCCCC/C=C\CCCCCCCC(=O)OCCCCCCCCCCCCCCCCCCCCCC(=O)NC(CO)C(O)CCCCCCCCCCCCCCC. The number of aliphatic hydroxyl groups is 2. The normalized spacial score (nSPS) is 12.7. The summed E-state index contributed by atoms with van der Waals surface area (Å²) in [5.74, 6) is -0.0380. The molecule has 3 N–H and O–H groups in total. The second-order valence-corrected chi connectivity index (χ2v) is 18.9. The van der Waals surface area contributed by atoms with E-state index < -0.39 is 12.1 Å². The van der Waals surface area contributed by atoms with Crippen LogP contribution in [0.2, 0.25) is 0 Å². The Balaban J connectivity index is 3.39. The lowest BCUT2D eigenvalue weighted by Crippen LogP contribution is -2.45. The van der Waals surface area contributed by atoms with Crippen LogP contribution in [0.25, 0.3) is 0 Å². The maximum absolute atomic E-state index is 12.4. The minimum absolute atomic E-state index is 0.000811. The maximum atomic E-state index is 12.4. The molecule has 2 atom stereocenters. The molecule has 0 rings (SSSR count). The minimum Gasteiger partial charge on any atom is -0.466 e. The monoisotopic (exact) mass is 862 g/mol. The second-order valence-electron chi connectivity index (χ2n) is 18.9. The summed E-state index contributed by atoms with van der Waals surface area (Å²) in [6.45, 7) is 4.93. The molecule has 0 aliphatic heterocycles. The highest BCUT2D eigenvalue weighted by Crippen LogP contribution is 2.17. The molecule has 0 heterocycles. The largest absolute Gasteiger partial charge is 0.466 e. The Bertz CT molecular complexity index is 909. The van der Waals surface area contributed by atoms with Crippen molar-refractivity contribution >= 4 is 11.9 Å². The average Bonchev–Trinajstić information content (AvgIpc) is 3.26. The van der Waals surface area contributed by atoms with Gasteiger partial charge in [-0.1, -0.05) is 251 Å². The highest BCUT2D eigenvalue weighted by atomic mass is 16.5. The molecule has 0 spiro atoms. The second kappa shape index (κ2) is 51.2. The van der Waals surface area contributed by atoms with Gasteiger partial charge in [-0.05, 0) is 51.4 Å². The number of ether oxygens (including phenoxy) is 1. The fourth-order valence-electron chi connectivity index (χ4n) is 8.58. The number of hydrogen-bond donors (Lipinski definition) is 3. The van der Waals surface area contributed by atoms with E-state index in [2.05, 4.69) is 31.3 Å². The summed E-state index contributed by atoms with van der Waals surface area (Å²) in [5, 5.41) is 23.2. The lowest BCUT2D eigenvalue weighted by atomic mass is 10.0. The number of rotatable bonds is 51. The summed E-state index contributed by atoms with van der Waals surface area (Å²) in [7, 11) is 0. The summed E-state index contributed by atoms with van der Waals surface area (Å²) in [5.41, 5.74) is 0. The van der Waals surface area contributed by atoms with Crippen LogP contribution in [-0.4, -0.2) is 47.4 Å². The highest BCUT2D eigenvalue weighted by molar-refractivity contribution is 5.76. The van der Waals surface area contributed by atoms with Crippen LogP contribution in [0.5, 0.6) is 0 Å². The third-order valence-corrected chi connectivity index (χ3v) is 12.8. The molecule has 6 heteroatoms. The van der Waals surface area contributed by atoms with Crippen molar-refractivity contribution < 1.29 is 24.5 Å². The van der Waals surface area contributed by atoms with E-state index in [9.17, 15) is 19.8 Å².